The van der Waals surface area contributed by atoms with Gasteiger partial charge in [-0.05, 0) is 37.3 Å². The van der Waals surface area contributed by atoms with Gasteiger partial charge >= 0.3 is 5.97 Å². The van der Waals surface area contributed by atoms with Gasteiger partial charge in [0.2, 0.25) is 0 Å². The first-order valence-electron chi connectivity index (χ1n) is 6.42. The summed E-state index contributed by atoms with van der Waals surface area (Å²) in [6.07, 6.45) is 0.194. The molecule has 0 spiro atoms. The largest absolute Gasteiger partial charge is 0.481 e. The van der Waals surface area contributed by atoms with Crippen molar-refractivity contribution in [3.05, 3.63) is 35.6 Å². The lowest BCUT2D eigenvalue weighted by molar-refractivity contribution is -0.144. The van der Waals surface area contributed by atoms with E-state index in [2.05, 4.69) is 0 Å². The fourth-order valence-electron chi connectivity index (χ4n) is 1.91. The Morgan fingerprint density at radius 2 is 1.95 bits per heavy atom. The normalized spacial score (nSPS) is 16.1. The minimum absolute atomic E-state index is 0.0602. The van der Waals surface area contributed by atoms with E-state index in [0.29, 0.717) is 5.56 Å². The van der Waals surface area contributed by atoms with Crippen molar-refractivity contribution in [3.63, 3.8) is 0 Å². The van der Waals surface area contributed by atoms with Crippen LogP contribution in [0.1, 0.15) is 32.8 Å². The second-order valence-electron chi connectivity index (χ2n) is 5.55. The molecule has 0 aliphatic heterocycles. The fourth-order valence-corrected chi connectivity index (χ4v) is 1.91. The summed E-state index contributed by atoms with van der Waals surface area (Å²) in [6.45, 7) is 5.29. The molecular weight excluding hydrogens is 247 g/mol. The van der Waals surface area contributed by atoms with Gasteiger partial charge in [0.25, 0.3) is 0 Å². The summed E-state index contributed by atoms with van der Waals surface area (Å²) >= 11 is 0. The molecule has 0 radical (unpaired) electrons. The maximum absolute atomic E-state index is 13.5. The van der Waals surface area contributed by atoms with Gasteiger partial charge in [0.1, 0.15) is 5.82 Å². The molecule has 2 N–H and O–H groups in total. The number of hydrogen-bond donors (Lipinski definition) is 2. The van der Waals surface area contributed by atoms with Crippen molar-refractivity contribution in [3.8, 4) is 0 Å². The Kier molecular flexibility index (Phi) is 5.06. The molecule has 4 heteroatoms. The van der Waals surface area contributed by atoms with Crippen molar-refractivity contribution in [2.45, 2.75) is 39.2 Å². The number of halogens is 1. The number of hydrogen-bond acceptors (Lipinski definition) is 2. The quantitative estimate of drug-likeness (QED) is 0.834. The molecule has 1 aromatic rings. The van der Waals surface area contributed by atoms with E-state index in [9.17, 15) is 19.4 Å². The minimum atomic E-state index is -1.08. The maximum atomic E-state index is 13.5. The van der Waals surface area contributed by atoms with Gasteiger partial charge < -0.3 is 10.2 Å². The molecule has 0 amide bonds. The molecule has 1 rings (SSSR count). The lowest BCUT2D eigenvalue weighted by atomic mass is 9.81. The van der Waals surface area contributed by atoms with Crippen LogP contribution in [0.2, 0.25) is 0 Å². The van der Waals surface area contributed by atoms with Crippen molar-refractivity contribution in [1.82, 2.24) is 0 Å². The van der Waals surface area contributed by atoms with Crippen LogP contribution in [0.3, 0.4) is 0 Å². The summed E-state index contributed by atoms with van der Waals surface area (Å²) in [5.74, 6) is -2.27. The molecule has 19 heavy (non-hydrogen) atoms. The van der Waals surface area contributed by atoms with Gasteiger partial charge in [0.05, 0.1) is 11.5 Å². The summed E-state index contributed by atoms with van der Waals surface area (Å²) in [5, 5.41) is 19.4. The van der Waals surface area contributed by atoms with Gasteiger partial charge in [-0.15, -0.1) is 0 Å². The van der Waals surface area contributed by atoms with Crippen molar-refractivity contribution >= 4 is 5.97 Å². The summed E-state index contributed by atoms with van der Waals surface area (Å²) in [7, 11) is 0. The van der Waals surface area contributed by atoms with Crippen LogP contribution < -0.4 is 0 Å². The second kappa shape index (κ2) is 6.15. The number of aliphatic carboxylic acids is 1. The van der Waals surface area contributed by atoms with Crippen LogP contribution in [-0.2, 0) is 11.2 Å². The lowest BCUT2D eigenvalue weighted by Gasteiger charge is -2.30. The first-order chi connectivity index (χ1) is 8.74. The standard InChI is InChI=1S/C15H21FO3/c1-10(2)15(3,19)9-12(14(17)18)8-11-6-4-5-7-13(11)16/h4-7,10,12,19H,8-9H2,1-3H3,(H,17,18). The second-order valence-corrected chi connectivity index (χ2v) is 5.55. The van der Waals surface area contributed by atoms with Gasteiger partial charge in [-0.1, -0.05) is 32.0 Å². The van der Waals surface area contributed by atoms with Crippen LogP contribution >= 0.6 is 0 Å². The van der Waals surface area contributed by atoms with E-state index in [4.69, 9.17) is 0 Å². The number of rotatable bonds is 6. The third kappa shape index (κ3) is 4.31. The number of carboxylic acid groups (broad SMARTS) is 1. The van der Waals surface area contributed by atoms with Crippen LogP contribution in [0, 0.1) is 17.7 Å². The van der Waals surface area contributed by atoms with Gasteiger partial charge in [0.15, 0.2) is 0 Å². The molecule has 0 aliphatic rings. The number of carbonyl (C=O) groups is 1. The van der Waals surface area contributed by atoms with Crippen LogP contribution in [0.5, 0.6) is 0 Å². The molecule has 106 valence electrons. The molecule has 0 heterocycles. The molecule has 3 nitrogen and oxygen atoms in total. The van der Waals surface area contributed by atoms with Gasteiger partial charge in [-0.25, -0.2) is 4.39 Å². The van der Waals surface area contributed by atoms with Crippen molar-refractivity contribution in [2.75, 3.05) is 0 Å². The number of benzene rings is 1. The smallest absolute Gasteiger partial charge is 0.306 e. The molecule has 1 aromatic carbocycles. The molecule has 0 aliphatic carbocycles. The Morgan fingerprint density at radius 1 is 1.37 bits per heavy atom. The van der Waals surface area contributed by atoms with E-state index in [1.165, 1.54) is 6.07 Å². The summed E-state index contributed by atoms with van der Waals surface area (Å²) in [4.78, 5) is 11.3. The molecule has 0 saturated carbocycles. The van der Waals surface area contributed by atoms with E-state index in [0.717, 1.165) is 0 Å². The Bertz CT molecular complexity index is 441. The Morgan fingerprint density at radius 3 is 2.42 bits per heavy atom. The molecule has 0 saturated heterocycles. The fraction of sp³-hybridized carbons (Fsp3) is 0.533. The zero-order chi connectivity index (χ0) is 14.6. The predicted molar refractivity (Wildman–Crippen MR) is 71.3 cm³/mol. The predicted octanol–water partition coefficient (Wildman–Crippen LogP) is 2.87. The lowest BCUT2D eigenvalue weighted by Crippen LogP contribution is -2.36. The molecular formula is C15H21FO3. The summed E-state index contributed by atoms with van der Waals surface area (Å²) in [5.41, 5.74) is -0.705. The maximum Gasteiger partial charge on any atom is 0.306 e. The average Bonchev–Trinajstić information content (AvgIpc) is 2.30. The SMILES string of the molecule is CC(C)C(C)(O)CC(Cc1ccccc1F)C(=O)O. The monoisotopic (exact) mass is 268 g/mol. The zero-order valence-electron chi connectivity index (χ0n) is 11.6. The Hall–Kier alpha value is -1.42. The third-order valence-electron chi connectivity index (χ3n) is 3.68. The Labute approximate surface area is 113 Å². The highest BCUT2D eigenvalue weighted by Crippen LogP contribution is 2.27. The highest BCUT2D eigenvalue weighted by Gasteiger charge is 2.32. The third-order valence-corrected chi connectivity index (χ3v) is 3.68. The van der Waals surface area contributed by atoms with Crippen molar-refractivity contribution in [2.24, 2.45) is 11.8 Å². The van der Waals surface area contributed by atoms with Gasteiger partial charge in [-0.2, -0.15) is 0 Å². The first-order valence-corrected chi connectivity index (χ1v) is 6.42. The van der Waals surface area contributed by atoms with Crippen LogP contribution in [0.4, 0.5) is 4.39 Å². The van der Waals surface area contributed by atoms with E-state index < -0.39 is 23.3 Å². The summed E-state index contributed by atoms with van der Waals surface area (Å²) < 4.78 is 13.5. The molecule has 0 bridgehead atoms. The molecule has 2 unspecified atom stereocenters. The molecule has 0 aromatic heterocycles. The first kappa shape index (κ1) is 15.6. The topological polar surface area (TPSA) is 57.5 Å². The van der Waals surface area contributed by atoms with E-state index in [1.807, 2.05) is 13.8 Å². The van der Waals surface area contributed by atoms with Gasteiger partial charge in [-0.3, -0.25) is 4.79 Å². The number of aliphatic hydroxyl groups is 1. The van der Waals surface area contributed by atoms with E-state index >= 15 is 0 Å². The van der Waals surface area contributed by atoms with Crippen LogP contribution in [0.15, 0.2) is 24.3 Å². The minimum Gasteiger partial charge on any atom is -0.481 e. The molecule has 2 atom stereocenters. The highest BCUT2D eigenvalue weighted by molar-refractivity contribution is 5.70. The zero-order valence-corrected chi connectivity index (χ0v) is 11.6. The van der Waals surface area contributed by atoms with Crippen molar-refractivity contribution in [1.29, 1.82) is 0 Å². The van der Waals surface area contributed by atoms with Crippen molar-refractivity contribution < 1.29 is 19.4 Å². The van der Waals surface area contributed by atoms with Gasteiger partial charge in [0, 0.05) is 0 Å². The van der Waals surface area contributed by atoms with Crippen LogP contribution in [0.25, 0.3) is 0 Å². The summed E-state index contributed by atoms with van der Waals surface area (Å²) in [6, 6.07) is 6.14. The average molecular weight is 268 g/mol. The number of carboxylic acids is 1. The van der Waals surface area contributed by atoms with E-state index in [1.54, 1.807) is 25.1 Å². The van der Waals surface area contributed by atoms with Crippen LogP contribution in [-0.4, -0.2) is 21.8 Å². The Balaban J connectivity index is 2.86. The molecule has 0 fully saturated rings. The van der Waals surface area contributed by atoms with E-state index in [-0.39, 0.29) is 18.8 Å². The highest BCUT2D eigenvalue weighted by atomic mass is 19.1.